The van der Waals surface area contributed by atoms with Crippen LogP contribution in [0.3, 0.4) is 0 Å². The molecule has 0 unspecified atom stereocenters. The highest BCUT2D eigenvalue weighted by Crippen LogP contribution is 2.27. The van der Waals surface area contributed by atoms with Crippen molar-refractivity contribution in [1.82, 2.24) is 0 Å². The first kappa shape index (κ1) is 8.66. The molecular weight excluding hydrogens is 180 g/mol. The zero-order valence-electron chi connectivity index (χ0n) is 6.23. The summed E-state index contributed by atoms with van der Waals surface area (Å²) in [5.74, 6) is -0.230. The summed E-state index contributed by atoms with van der Waals surface area (Å²) in [6, 6.07) is 2.86. The molecule has 0 aliphatic rings. The van der Waals surface area contributed by atoms with Crippen molar-refractivity contribution in [2.75, 3.05) is 5.32 Å². The average molecular weight is 186 g/mol. The van der Waals surface area contributed by atoms with Gasteiger partial charge in [0.15, 0.2) is 0 Å². The van der Waals surface area contributed by atoms with Gasteiger partial charge in [-0.3, -0.25) is 14.9 Å². The van der Waals surface area contributed by atoms with Crippen LogP contribution in [-0.2, 0) is 4.79 Å². The van der Waals surface area contributed by atoms with Crippen molar-refractivity contribution >= 4 is 27.2 Å². The molecule has 0 bridgehead atoms. The predicted octanol–water partition coefficient (Wildman–Crippen LogP) is 1.61. The third-order valence-corrected chi connectivity index (χ3v) is 2.02. The van der Waals surface area contributed by atoms with E-state index in [-0.39, 0.29) is 10.9 Å². The third kappa shape index (κ3) is 2.03. The van der Waals surface area contributed by atoms with Crippen LogP contribution in [0.2, 0.25) is 0 Å². The van der Waals surface area contributed by atoms with Gasteiger partial charge < -0.3 is 5.32 Å². The van der Waals surface area contributed by atoms with Gasteiger partial charge in [-0.05, 0) is 17.4 Å². The van der Waals surface area contributed by atoms with Gasteiger partial charge in [-0.15, -0.1) is 0 Å². The van der Waals surface area contributed by atoms with Crippen LogP contribution in [0.25, 0.3) is 0 Å². The van der Waals surface area contributed by atoms with Crippen molar-refractivity contribution in [3.63, 3.8) is 0 Å². The Bertz CT molecular complexity index is 320. The molecule has 0 aromatic carbocycles. The molecule has 1 aromatic heterocycles. The number of amides is 1. The SMILES string of the molecule is CC(=O)Nc1ccc([N+](=O)[O-])s1. The summed E-state index contributed by atoms with van der Waals surface area (Å²) in [6.07, 6.45) is 0. The number of carbonyl (C=O) groups excluding carboxylic acids is 1. The van der Waals surface area contributed by atoms with E-state index in [9.17, 15) is 14.9 Å². The molecule has 0 aliphatic carbocycles. The Balaban J connectivity index is 2.77. The Hall–Kier alpha value is -1.43. The highest BCUT2D eigenvalue weighted by atomic mass is 32.1. The maximum atomic E-state index is 10.5. The quantitative estimate of drug-likeness (QED) is 0.563. The van der Waals surface area contributed by atoms with E-state index < -0.39 is 4.92 Å². The number of hydrogen-bond acceptors (Lipinski definition) is 4. The van der Waals surface area contributed by atoms with Gasteiger partial charge in [0.25, 0.3) is 0 Å². The van der Waals surface area contributed by atoms with Crippen LogP contribution in [0.5, 0.6) is 0 Å². The Morgan fingerprint density at radius 3 is 2.75 bits per heavy atom. The van der Waals surface area contributed by atoms with E-state index in [0.717, 1.165) is 11.3 Å². The fraction of sp³-hybridized carbons (Fsp3) is 0.167. The van der Waals surface area contributed by atoms with Crippen LogP contribution in [0.15, 0.2) is 12.1 Å². The normalized spacial score (nSPS) is 9.42. The summed E-state index contributed by atoms with van der Waals surface area (Å²) in [5.41, 5.74) is 0. The zero-order chi connectivity index (χ0) is 9.14. The molecule has 6 heteroatoms. The highest BCUT2D eigenvalue weighted by molar-refractivity contribution is 7.19. The number of anilines is 1. The minimum absolute atomic E-state index is 0.0266. The molecule has 64 valence electrons. The van der Waals surface area contributed by atoms with Gasteiger partial charge in [-0.2, -0.15) is 0 Å². The summed E-state index contributed by atoms with van der Waals surface area (Å²) in [5, 5.41) is 13.2. The van der Waals surface area contributed by atoms with E-state index in [0.29, 0.717) is 5.00 Å². The van der Waals surface area contributed by atoms with Crippen molar-refractivity contribution < 1.29 is 9.72 Å². The molecule has 0 fully saturated rings. The molecule has 5 nitrogen and oxygen atoms in total. The topological polar surface area (TPSA) is 72.2 Å². The standard InChI is InChI=1S/C6H6N2O3S/c1-4(9)7-5-2-3-6(12-5)8(10)11/h2-3H,1H3,(H,7,9). The Morgan fingerprint density at radius 1 is 1.67 bits per heavy atom. The monoisotopic (exact) mass is 186 g/mol. The van der Waals surface area contributed by atoms with E-state index in [4.69, 9.17) is 0 Å². The first-order valence-electron chi connectivity index (χ1n) is 3.11. The van der Waals surface area contributed by atoms with E-state index in [2.05, 4.69) is 5.32 Å². The van der Waals surface area contributed by atoms with Crippen molar-refractivity contribution in [1.29, 1.82) is 0 Å². The lowest BCUT2D eigenvalue weighted by Gasteiger charge is -1.92. The second-order valence-corrected chi connectivity index (χ2v) is 3.14. The van der Waals surface area contributed by atoms with E-state index >= 15 is 0 Å². The number of nitrogens with zero attached hydrogens (tertiary/aromatic N) is 1. The van der Waals surface area contributed by atoms with Crippen LogP contribution in [0.1, 0.15) is 6.92 Å². The fourth-order valence-electron chi connectivity index (χ4n) is 0.666. The van der Waals surface area contributed by atoms with Gasteiger partial charge in [0.1, 0.15) is 5.00 Å². The van der Waals surface area contributed by atoms with Crippen LogP contribution in [0.4, 0.5) is 10.0 Å². The largest absolute Gasteiger partial charge is 0.326 e. The number of hydrogen-bond donors (Lipinski definition) is 1. The van der Waals surface area contributed by atoms with Gasteiger partial charge in [-0.25, -0.2) is 0 Å². The summed E-state index contributed by atoms with van der Waals surface area (Å²) in [4.78, 5) is 20.2. The lowest BCUT2D eigenvalue weighted by molar-refractivity contribution is -0.380. The van der Waals surface area contributed by atoms with Gasteiger partial charge >= 0.3 is 5.00 Å². The first-order valence-corrected chi connectivity index (χ1v) is 3.93. The van der Waals surface area contributed by atoms with E-state index in [1.807, 2.05) is 0 Å². The van der Waals surface area contributed by atoms with Crippen molar-refractivity contribution in [2.45, 2.75) is 6.92 Å². The van der Waals surface area contributed by atoms with Gasteiger partial charge in [0, 0.05) is 13.0 Å². The zero-order valence-corrected chi connectivity index (χ0v) is 7.05. The maximum Gasteiger partial charge on any atom is 0.326 e. The van der Waals surface area contributed by atoms with Crippen LogP contribution >= 0.6 is 11.3 Å². The van der Waals surface area contributed by atoms with Crippen LogP contribution < -0.4 is 5.32 Å². The molecule has 1 aromatic rings. The molecule has 1 rings (SSSR count). The summed E-state index contributed by atoms with van der Waals surface area (Å²) < 4.78 is 0. The molecule has 12 heavy (non-hydrogen) atoms. The number of thiophene rings is 1. The first-order chi connectivity index (χ1) is 5.59. The van der Waals surface area contributed by atoms with Crippen molar-refractivity contribution in [3.05, 3.63) is 22.2 Å². The molecular formula is C6H6N2O3S. The smallest absolute Gasteiger partial charge is 0.318 e. The molecule has 1 N–H and O–H groups in total. The second-order valence-electron chi connectivity index (χ2n) is 2.08. The summed E-state index contributed by atoms with van der Waals surface area (Å²) in [6.45, 7) is 1.35. The number of rotatable bonds is 2. The Morgan fingerprint density at radius 2 is 2.33 bits per heavy atom. The van der Waals surface area contributed by atoms with Gasteiger partial charge in [-0.1, -0.05) is 0 Å². The minimum atomic E-state index is -0.490. The molecule has 0 radical (unpaired) electrons. The Labute approximate surface area is 72.2 Å². The fourth-order valence-corrected chi connectivity index (χ4v) is 1.43. The maximum absolute atomic E-state index is 10.5. The molecule has 1 amide bonds. The molecule has 0 saturated heterocycles. The minimum Gasteiger partial charge on any atom is -0.318 e. The molecule has 0 atom stereocenters. The van der Waals surface area contributed by atoms with Crippen molar-refractivity contribution in [3.8, 4) is 0 Å². The highest BCUT2D eigenvalue weighted by Gasteiger charge is 2.09. The van der Waals surface area contributed by atoms with Crippen molar-refractivity contribution in [2.24, 2.45) is 0 Å². The molecule has 0 saturated carbocycles. The molecule has 0 aliphatic heterocycles. The number of nitro groups is 1. The van der Waals surface area contributed by atoms with Gasteiger partial charge in [0.2, 0.25) is 5.91 Å². The lowest BCUT2D eigenvalue weighted by Crippen LogP contribution is -2.03. The van der Waals surface area contributed by atoms with E-state index in [1.165, 1.54) is 19.1 Å². The van der Waals surface area contributed by atoms with Gasteiger partial charge in [0.05, 0.1) is 4.92 Å². The number of carbonyl (C=O) groups is 1. The average Bonchev–Trinajstić information content (AvgIpc) is 2.34. The summed E-state index contributed by atoms with van der Waals surface area (Å²) >= 11 is 0.938. The van der Waals surface area contributed by atoms with Crippen LogP contribution in [-0.4, -0.2) is 10.8 Å². The molecule has 0 spiro atoms. The number of nitrogens with one attached hydrogen (secondary N) is 1. The third-order valence-electron chi connectivity index (χ3n) is 1.07. The summed E-state index contributed by atoms with van der Waals surface area (Å²) in [7, 11) is 0. The molecule has 1 heterocycles. The Kier molecular flexibility index (Phi) is 2.39. The second kappa shape index (κ2) is 3.31. The van der Waals surface area contributed by atoms with E-state index in [1.54, 1.807) is 0 Å². The van der Waals surface area contributed by atoms with Crippen LogP contribution in [0, 0.1) is 10.1 Å². The predicted molar refractivity (Wildman–Crippen MR) is 45.3 cm³/mol. The lowest BCUT2D eigenvalue weighted by atomic mass is 10.6.